The Kier molecular flexibility index (Phi) is 5.72. The highest BCUT2D eigenvalue weighted by Gasteiger charge is 2.17. The van der Waals surface area contributed by atoms with E-state index in [-0.39, 0.29) is 0 Å². The predicted octanol–water partition coefficient (Wildman–Crippen LogP) is 3.94. The minimum absolute atomic E-state index is 0.587. The first-order chi connectivity index (χ1) is 17.3. The monoisotopic (exact) mass is 459 g/mol. The van der Waals surface area contributed by atoms with Crippen molar-refractivity contribution in [2.24, 2.45) is 0 Å². The summed E-state index contributed by atoms with van der Waals surface area (Å²) < 4.78 is 0. The summed E-state index contributed by atoms with van der Waals surface area (Å²) in [6.45, 7) is 0.587. The van der Waals surface area contributed by atoms with Crippen LogP contribution >= 0.6 is 0 Å². The van der Waals surface area contributed by atoms with Crippen LogP contribution in [0.4, 0.5) is 5.82 Å². The first-order valence-corrected chi connectivity index (χ1v) is 11.9. The Balaban J connectivity index is 1.50. The van der Waals surface area contributed by atoms with E-state index in [1.165, 1.54) is 11.1 Å². The van der Waals surface area contributed by atoms with Crippen molar-refractivity contribution in [3.8, 4) is 22.5 Å². The molecular formula is C28H25N7. The molecule has 4 aromatic heterocycles. The summed E-state index contributed by atoms with van der Waals surface area (Å²) >= 11 is 0. The summed E-state index contributed by atoms with van der Waals surface area (Å²) in [7, 11) is 0. The molecule has 7 nitrogen and oxygen atoms in total. The predicted molar refractivity (Wildman–Crippen MR) is 137 cm³/mol. The maximum Gasteiger partial charge on any atom is 0.163 e. The molecule has 0 aromatic carbocycles. The summed E-state index contributed by atoms with van der Waals surface area (Å²) in [5.41, 5.74) is 6.50. The number of nitrogens with one attached hydrogen (secondary N) is 2. The van der Waals surface area contributed by atoms with Gasteiger partial charge >= 0.3 is 0 Å². The van der Waals surface area contributed by atoms with Gasteiger partial charge < -0.3 is 5.32 Å². The van der Waals surface area contributed by atoms with Crippen LogP contribution < -0.4 is 15.9 Å². The van der Waals surface area contributed by atoms with E-state index in [9.17, 15) is 0 Å². The Hall–Kier alpha value is -4.39. The Bertz CT molecular complexity index is 1530. The summed E-state index contributed by atoms with van der Waals surface area (Å²) in [6.07, 6.45) is 22.0. The van der Waals surface area contributed by atoms with E-state index in [2.05, 4.69) is 55.9 Å². The zero-order chi connectivity index (χ0) is 23.5. The molecule has 0 atom stereocenters. The second kappa shape index (κ2) is 9.46. The molecule has 0 unspecified atom stereocenters. The van der Waals surface area contributed by atoms with Crippen LogP contribution in [0, 0.1) is 0 Å². The van der Waals surface area contributed by atoms with Crippen LogP contribution in [-0.2, 0) is 6.54 Å². The third-order valence-corrected chi connectivity index (χ3v) is 6.36. The minimum Gasteiger partial charge on any atom is -0.364 e. The molecule has 0 saturated heterocycles. The number of hydrogen-bond acceptors (Lipinski definition) is 6. The van der Waals surface area contributed by atoms with Gasteiger partial charge in [0.1, 0.15) is 5.82 Å². The van der Waals surface area contributed by atoms with Crippen LogP contribution in [0.15, 0.2) is 79.1 Å². The number of pyridine rings is 2. The molecule has 2 aliphatic rings. The van der Waals surface area contributed by atoms with Crippen molar-refractivity contribution in [1.29, 1.82) is 0 Å². The maximum absolute atomic E-state index is 5.04. The van der Waals surface area contributed by atoms with E-state index < -0.39 is 0 Å². The normalized spacial score (nSPS) is 14.7. The molecule has 0 fully saturated rings. The van der Waals surface area contributed by atoms with Crippen molar-refractivity contribution in [3.05, 3.63) is 95.3 Å². The summed E-state index contributed by atoms with van der Waals surface area (Å²) in [4.78, 5) is 19.0. The van der Waals surface area contributed by atoms with Crippen LogP contribution in [0.25, 0.3) is 34.2 Å². The highest BCUT2D eigenvalue weighted by molar-refractivity contribution is 5.73. The van der Waals surface area contributed by atoms with E-state index in [4.69, 9.17) is 9.97 Å². The molecule has 0 radical (unpaired) electrons. The van der Waals surface area contributed by atoms with Gasteiger partial charge in [0.2, 0.25) is 0 Å². The van der Waals surface area contributed by atoms with Crippen molar-refractivity contribution in [2.75, 3.05) is 5.32 Å². The summed E-state index contributed by atoms with van der Waals surface area (Å²) in [5, 5.41) is 12.6. The van der Waals surface area contributed by atoms with E-state index in [1.54, 1.807) is 6.20 Å². The van der Waals surface area contributed by atoms with E-state index in [0.29, 0.717) is 12.4 Å². The fourth-order valence-electron chi connectivity index (χ4n) is 4.64. The van der Waals surface area contributed by atoms with Crippen molar-refractivity contribution >= 4 is 17.5 Å². The Morgan fingerprint density at radius 2 is 1.94 bits per heavy atom. The number of anilines is 1. The molecule has 2 aliphatic carbocycles. The molecule has 0 amide bonds. The van der Waals surface area contributed by atoms with Crippen LogP contribution in [0.5, 0.6) is 0 Å². The lowest BCUT2D eigenvalue weighted by Gasteiger charge is -2.19. The molecule has 7 heteroatoms. The fraction of sp³-hybridized carbons (Fsp3) is 0.179. The molecule has 6 rings (SSSR count). The SMILES string of the molecule is C1=CCCC(C2=c3c(NCc4ccccn4)nc(-c4cncc(-c5cn[nH]c5)c4)nc3=CCC2)=C1. The van der Waals surface area contributed by atoms with Gasteiger partial charge in [-0.15, -0.1) is 0 Å². The first-order valence-electron chi connectivity index (χ1n) is 11.9. The van der Waals surface area contributed by atoms with Gasteiger partial charge in [-0.3, -0.25) is 15.1 Å². The third kappa shape index (κ3) is 4.40. The van der Waals surface area contributed by atoms with Gasteiger partial charge in [0.25, 0.3) is 0 Å². The molecular weight excluding hydrogens is 434 g/mol. The number of aromatic nitrogens is 6. The number of allylic oxidation sites excluding steroid dienone is 4. The lowest BCUT2D eigenvalue weighted by molar-refractivity contribution is 0.940. The zero-order valence-corrected chi connectivity index (χ0v) is 19.3. The zero-order valence-electron chi connectivity index (χ0n) is 19.3. The van der Waals surface area contributed by atoms with Crippen molar-refractivity contribution < 1.29 is 0 Å². The van der Waals surface area contributed by atoms with Crippen molar-refractivity contribution in [1.82, 2.24) is 30.1 Å². The highest BCUT2D eigenvalue weighted by atomic mass is 15.1. The number of fused-ring (bicyclic) bond motifs is 1. The summed E-state index contributed by atoms with van der Waals surface area (Å²) in [5.74, 6) is 1.49. The number of rotatable bonds is 6. The fourth-order valence-corrected chi connectivity index (χ4v) is 4.64. The van der Waals surface area contributed by atoms with Crippen LogP contribution in [0.1, 0.15) is 31.4 Å². The second-order valence-corrected chi connectivity index (χ2v) is 8.66. The smallest absolute Gasteiger partial charge is 0.163 e. The molecule has 4 heterocycles. The molecule has 4 aromatic rings. The number of aromatic amines is 1. The van der Waals surface area contributed by atoms with Gasteiger partial charge in [0, 0.05) is 46.7 Å². The Labute approximate surface area is 203 Å². The second-order valence-electron chi connectivity index (χ2n) is 8.66. The third-order valence-electron chi connectivity index (χ3n) is 6.36. The van der Waals surface area contributed by atoms with E-state index >= 15 is 0 Å². The molecule has 0 saturated carbocycles. The molecule has 0 bridgehead atoms. The maximum atomic E-state index is 5.04. The van der Waals surface area contributed by atoms with Gasteiger partial charge in [-0.2, -0.15) is 5.10 Å². The van der Waals surface area contributed by atoms with E-state index in [0.717, 1.165) is 64.5 Å². The van der Waals surface area contributed by atoms with Crippen LogP contribution in [-0.4, -0.2) is 30.1 Å². The van der Waals surface area contributed by atoms with Crippen molar-refractivity contribution in [3.63, 3.8) is 0 Å². The lowest BCUT2D eigenvalue weighted by atomic mass is 9.90. The lowest BCUT2D eigenvalue weighted by Crippen LogP contribution is -2.37. The van der Waals surface area contributed by atoms with E-state index in [1.807, 2.05) is 43.0 Å². The molecule has 2 N–H and O–H groups in total. The van der Waals surface area contributed by atoms with Gasteiger partial charge in [-0.05, 0) is 55.0 Å². The van der Waals surface area contributed by atoms with Gasteiger partial charge in [0.15, 0.2) is 5.82 Å². The summed E-state index contributed by atoms with van der Waals surface area (Å²) in [6, 6.07) is 8.01. The minimum atomic E-state index is 0.587. The average Bonchev–Trinajstić information content (AvgIpc) is 3.48. The Morgan fingerprint density at radius 1 is 0.971 bits per heavy atom. The highest BCUT2D eigenvalue weighted by Crippen LogP contribution is 2.27. The van der Waals surface area contributed by atoms with Crippen LogP contribution in [0.2, 0.25) is 0 Å². The van der Waals surface area contributed by atoms with Gasteiger partial charge in [0.05, 0.1) is 23.8 Å². The quantitative estimate of drug-likeness (QED) is 0.454. The average molecular weight is 460 g/mol. The first kappa shape index (κ1) is 21.2. The van der Waals surface area contributed by atoms with Crippen LogP contribution in [0.3, 0.4) is 0 Å². The molecule has 0 spiro atoms. The van der Waals surface area contributed by atoms with Crippen molar-refractivity contribution in [2.45, 2.75) is 32.2 Å². The number of nitrogens with zero attached hydrogens (tertiary/aromatic N) is 5. The number of hydrogen-bond donors (Lipinski definition) is 2. The topological polar surface area (TPSA) is 92.3 Å². The molecule has 35 heavy (non-hydrogen) atoms. The number of H-pyrrole nitrogens is 1. The Morgan fingerprint density at radius 3 is 2.77 bits per heavy atom. The largest absolute Gasteiger partial charge is 0.364 e. The molecule has 172 valence electrons. The van der Waals surface area contributed by atoms with Gasteiger partial charge in [-0.1, -0.05) is 30.4 Å². The standard InChI is InChI=1S/C28H25N7/c1-2-7-19(8-3-1)24-10-6-11-25-26(24)28(31-18-23-9-4-5-12-30-23)35-27(34-25)21-13-20(14-29-15-21)22-16-32-33-17-22/h1-2,4-5,7,9,11-17H,3,6,8,10,18H2,(H,32,33)(H,31,34,35). The molecule has 0 aliphatic heterocycles. The van der Waals surface area contributed by atoms with Gasteiger partial charge in [-0.25, -0.2) is 9.97 Å².